The highest BCUT2D eigenvalue weighted by atomic mass is 16.5. The van der Waals surface area contributed by atoms with E-state index in [9.17, 15) is 4.79 Å². The van der Waals surface area contributed by atoms with Gasteiger partial charge < -0.3 is 15.8 Å². The van der Waals surface area contributed by atoms with E-state index in [0.29, 0.717) is 6.54 Å². The van der Waals surface area contributed by atoms with Gasteiger partial charge in [-0.2, -0.15) is 0 Å². The molecule has 0 fully saturated rings. The van der Waals surface area contributed by atoms with E-state index in [-0.39, 0.29) is 12.6 Å². The Morgan fingerprint density at radius 2 is 2.47 bits per heavy atom. The van der Waals surface area contributed by atoms with Crippen molar-refractivity contribution in [2.45, 2.75) is 13.0 Å². The number of hydrogen-bond donors (Lipinski definition) is 2. The van der Waals surface area contributed by atoms with Crippen LogP contribution in [0.15, 0.2) is 18.6 Å². The molecule has 0 saturated carbocycles. The van der Waals surface area contributed by atoms with Crippen LogP contribution in [0.3, 0.4) is 0 Å². The number of nitrogens with one attached hydrogen (secondary N) is 1. The predicted molar refractivity (Wildman–Crippen MR) is 54.0 cm³/mol. The number of ether oxygens (including phenoxy) is 1. The Labute approximate surface area is 87.9 Å². The van der Waals surface area contributed by atoms with E-state index < -0.39 is 6.09 Å². The van der Waals surface area contributed by atoms with Crippen LogP contribution in [-0.4, -0.2) is 29.2 Å². The molecule has 0 aromatic carbocycles. The van der Waals surface area contributed by atoms with Crippen molar-refractivity contribution >= 4 is 6.09 Å². The minimum atomic E-state index is -0.760. The van der Waals surface area contributed by atoms with Gasteiger partial charge in [-0.25, -0.2) is 4.79 Å². The van der Waals surface area contributed by atoms with Gasteiger partial charge in [0.05, 0.1) is 5.69 Å². The number of rotatable bonds is 5. The second-order valence-corrected chi connectivity index (χ2v) is 2.97. The second kappa shape index (κ2) is 5.92. The molecule has 1 amide bonds. The summed E-state index contributed by atoms with van der Waals surface area (Å²) >= 11 is 0. The quantitative estimate of drug-likeness (QED) is 0.678. The maximum absolute atomic E-state index is 10.3. The fourth-order valence-electron chi connectivity index (χ4n) is 1.07. The van der Waals surface area contributed by atoms with Crippen LogP contribution >= 0.6 is 0 Å². The Hall–Kier alpha value is -1.69. The molecule has 15 heavy (non-hydrogen) atoms. The lowest BCUT2D eigenvalue weighted by Crippen LogP contribution is -2.26. The monoisotopic (exact) mass is 210 g/mol. The molecule has 0 saturated heterocycles. The van der Waals surface area contributed by atoms with Crippen molar-refractivity contribution in [3.63, 3.8) is 0 Å². The number of primary amides is 1. The third-order valence-corrected chi connectivity index (χ3v) is 1.82. The van der Waals surface area contributed by atoms with Gasteiger partial charge >= 0.3 is 6.09 Å². The molecule has 6 heteroatoms. The van der Waals surface area contributed by atoms with E-state index in [1.165, 1.54) is 0 Å². The van der Waals surface area contributed by atoms with E-state index in [1.54, 1.807) is 18.6 Å². The first kappa shape index (κ1) is 11.4. The first-order valence-corrected chi connectivity index (χ1v) is 4.61. The molecule has 1 heterocycles. The van der Waals surface area contributed by atoms with E-state index in [0.717, 1.165) is 5.69 Å². The van der Waals surface area contributed by atoms with Crippen LogP contribution in [0.2, 0.25) is 0 Å². The summed E-state index contributed by atoms with van der Waals surface area (Å²) in [5.74, 6) is 0. The van der Waals surface area contributed by atoms with Gasteiger partial charge in [-0.3, -0.25) is 9.97 Å². The summed E-state index contributed by atoms with van der Waals surface area (Å²) in [6.45, 7) is 2.73. The number of hydrogen-bond acceptors (Lipinski definition) is 5. The molecule has 0 aliphatic heterocycles. The summed E-state index contributed by atoms with van der Waals surface area (Å²) < 4.78 is 4.57. The molecule has 1 atom stereocenters. The summed E-state index contributed by atoms with van der Waals surface area (Å²) in [5, 5.41) is 3.12. The predicted octanol–water partition coefficient (Wildman–Crippen LogP) is 0.222. The molecule has 0 bridgehead atoms. The van der Waals surface area contributed by atoms with Crippen LogP contribution < -0.4 is 11.1 Å². The Morgan fingerprint density at radius 1 is 1.67 bits per heavy atom. The smallest absolute Gasteiger partial charge is 0.404 e. The zero-order valence-corrected chi connectivity index (χ0v) is 8.51. The molecule has 0 spiro atoms. The zero-order chi connectivity index (χ0) is 11.1. The fourth-order valence-corrected chi connectivity index (χ4v) is 1.07. The molecule has 1 rings (SSSR count). The highest BCUT2D eigenvalue weighted by Crippen LogP contribution is 2.05. The standard InChI is InChI=1S/C9H14N4O2/c1-7(8-6-11-2-3-13-8)12-4-5-15-9(10)14/h2-3,6-7,12H,4-5H2,1H3,(H2,10,14). The Morgan fingerprint density at radius 3 is 3.07 bits per heavy atom. The molecule has 6 nitrogen and oxygen atoms in total. The van der Waals surface area contributed by atoms with Crippen molar-refractivity contribution in [1.82, 2.24) is 15.3 Å². The van der Waals surface area contributed by atoms with Crippen molar-refractivity contribution in [3.8, 4) is 0 Å². The topological polar surface area (TPSA) is 90.1 Å². The fraction of sp³-hybridized carbons (Fsp3) is 0.444. The maximum atomic E-state index is 10.3. The Kier molecular flexibility index (Phi) is 4.49. The van der Waals surface area contributed by atoms with Gasteiger partial charge in [0.2, 0.25) is 0 Å². The van der Waals surface area contributed by atoms with Crippen molar-refractivity contribution in [2.24, 2.45) is 5.73 Å². The third-order valence-electron chi connectivity index (χ3n) is 1.82. The SMILES string of the molecule is CC(NCCOC(N)=O)c1cnccn1. The number of carbonyl (C=O) groups excluding carboxylic acids is 1. The summed E-state index contributed by atoms with van der Waals surface area (Å²) in [6, 6.07) is 0.0650. The largest absolute Gasteiger partial charge is 0.448 e. The molecule has 1 aromatic heterocycles. The van der Waals surface area contributed by atoms with E-state index in [1.807, 2.05) is 6.92 Å². The van der Waals surface area contributed by atoms with E-state index in [2.05, 4.69) is 20.0 Å². The highest BCUT2D eigenvalue weighted by molar-refractivity contribution is 5.64. The average molecular weight is 210 g/mol. The van der Waals surface area contributed by atoms with E-state index >= 15 is 0 Å². The molecule has 0 radical (unpaired) electrons. The van der Waals surface area contributed by atoms with Gasteiger partial charge in [0.25, 0.3) is 0 Å². The summed E-state index contributed by atoms with van der Waals surface area (Å²) in [4.78, 5) is 18.4. The minimum absolute atomic E-state index is 0.0650. The lowest BCUT2D eigenvalue weighted by molar-refractivity contribution is 0.156. The minimum Gasteiger partial charge on any atom is -0.448 e. The van der Waals surface area contributed by atoms with Gasteiger partial charge in [-0.05, 0) is 6.92 Å². The summed E-state index contributed by atoms with van der Waals surface area (Å²) in [6.07, 6.45) is 4.18. The molecule has 82 valence electrons. The van der Waals surface area contributed by atoms with Gasteiger partial charge in [0.1, 0.15) is 6.61 Å². The highest BCUT2D eigenvalue weighted by Gasteiger charge is 2.05. The van der Waals surface area contributed by atoms with Crippen LogP contribution in [-0.2, 0) is 4.74 Å². The van der Waals surface area contributed by atoms with Crippen LogP contribution in [0.25, 0.3) is 0 Å². The first-order chi connectivity index (χ1) is 7.20. The molecular formula is C9H14N4O2. The van der Waals surface area contributed by atoms with Crippen LogP contribution in [0.4, 0.5) is 4.79 Å². The normalized spacial score (nSPS) is 12.1. The van der Waals surface area contributed by atoms with Gasteiger partial charge in [-0.1, -0.05) is 0 Å². The number of aromatic nitrogens is 2. The number of amides is 1. The van der Waals surface area contributed by atoms with Crippen molar-refractivity contribution in [1.29, 1.82) is 0 Å². The van der Waals surface area contributed by atoms with Gasteiger partial charge in [0, 0.05) is 31.2 Å². The van der Waals surface area contributed by atoms with Gasteiger partial charge in [0.15, 0.2) is 0 Å². The lowest BCUT2D eigenvalue weighted by Gasteiger charge is -2.12. The average Bonchev–Trinajstić information content (AvgIpc) is 2.25. The summed E-state index contributed by atoms with van der Waals surface area (Å²) in [7, 11) is 0. The van der Waals surface area contributed by atoms with Crippen LogP contribution in [0.1, 0.15) is 18.7 Å². The molecule has 1 aromatic rings. The lowest BCUT2D eigenvalue weighted by atomic mass is 10.2. The number of carbonyl (C=O) groups is 1. The number of nitrogens with two attached hydrogens (primary N) is 1. The third kappa shape index (κ3) is 4.37. The van der Waals surface area contributed by atoms with Crippen molar-refractivity contribution in [3.05, 3.63) is 24.3 Å². The first-order valence-electron chi connectivity index (χ1n) is 4.61. The Balaban J connectivity index is 2.25. The summed E-state index contributed by atoms with van der Waals surface area (Å²) in [5.41, 5.74) is 5.65. The maximum Gasteiger partial charge on any atom is 0.404 e. The van der Waals surface area contributed by atoms with Crippen molar-refractivity contribution in [2.75, 3.05) is 13.2 Å². The van der Waals surface area contributed by atoms with Crippen molar-refractivity contribution < 1.29 is 9.53 Å². The molecule has 3 N–H and O–H groups in total. The molecule has 1 unspecified atom stereocenters. The van der Waals surface area contributed by atoms with Crippen LogP contribution in [0.5, 0.6) is 0 Å². The van der Waals surface area contributed by atoms with E-state index in [4.69, 9.17) is 5.73 Å². The zero-order valence-electron chi connectivity index (χ0n) is 8.51. The van der Waals surface area contributed by atoms with Crippen LogP contribution in [0, 0.1) is 0 Å². The van der Waals surface area contributed by atoms with Gasteiger partial charge in [-0.15, -0.1) is 0 Å². The molecular weight excluding hydrogens is 196 g/mol. The second-order valence-electron chi connectivity index (χ2n) is 2.97. The number of nitrogens with zero attached hydrogens (tertiary/aromatic N) is 2. The Bertz CT molecular complexity index is 304. The molecule has 0 aliphatic carbocycles. The molecule has 0 aliphatic rings.